The van der Waals surface area contributed by atoms with Gasteiger partial charge in [-0.1, -0.05) is 18.2 Å². The average Bonchev–Trinajstić information content (AvgIpc) is 3.07. The molecule has 0 bridgehead atoms. The summed E-state index contributed by atoms with van der Waals surface area (Å²) in [5, 5.41) is 21.8. The van der Waals surface area contributed by atoms with E-state index in [9.17, 15) is 5.11 Å². The van der Waals surface area contributed by atoms with Crippen LogP contribution >= 0.6 is 12.2 Å². The second kappa shape index (κ2) is 9.58. The normalized spacial score (nSPS) is 11.2. The van der Waals surface area contributed by atoms with Gasteiger partial charge in [-0.05, 0) is 63.2 Å². The maximum absolute atomic E-state index is 10.4. The molecule has 0 spiro atoms. The minimum atomic E-state index is 0.159. The van der Waals surface area contributed by atoms with Crippen LogP contribution in [0.5, 0.6) is 11.5 Å². The molecule has 0 radical (unpaired) electrons. The lowest BCUT2D eigenvalue weighted by atomic mass is 10.1. The summed E-state index contributed by atoms with van der Waals surface area (Å²) in [7, 11) is 0. The maximum Gasteiger partial charge on any atom is 0.216 e. The predicted octanol–water partition coefficient (Wildman–Crippen LogP) is 4.57. The lowest BCUT2D eigenvalue weighted by molar-refractivity contribution is 0.287. The van der Waals surface area contributed by atoms with Gasteiger partial charge in [0.2, 0.25) is 4.77 Å². The molecule has 7 nitrogen and oxygen atoms in total. The second-order valence-electron chi connectivity index (χ2n) is 6.93. The summed E-state index contributed by atoms with van der Waals surface area (Å²) in [5.41, 5.74) is 3.67. The fourth-order valence-corrected chi connectivity index (χ4v) is 3.45. The molecule has 1 heterocycles. The Morgan fingerprint density at radius 1 is 1.20 bits per heavy atom. The van der Waals surface area contributed by atoms with Gasteiger partial charge in [-0.3, -0.25) is 0 Å². The average molecular weight is 426 g/mol. The third-order valence-electron chi connectivity index (χ3n) is 4.93. The summed E-state index contributed by atoms with van der Waals surface area (Å²) in [5.74, 6) is 1.52. The van der Waals surface area contributed by atoms with Crippen LogP contribution in [0, 0.1) is 18.6 Å². The van der Waals surface area contributed by atoms with Crippen molar-refractivity contribution in [2.75, 3.05) is 18.0 Å². The highest BCUT2D eigenvalue weighted by Crippen LogP contribution is 2.24. The van der Waals surface area contributed by atoms with E-state index in [-0.39, 0.29) is 12.4 Å². The van der Waals surface area contributed by atoms with Gasteiger partial charge in [0.15, 0.2) is 5.82 Å². The first-order valence-electron chi connectivity index (χ1n) is 9.92. The summed E-state index contributed by atoms with van der Waals surface area (Å²) in [6.07, 6.45) is 1.56. The number of ether oxygens (including phenoxy) is 1. The zero-order valence-electron chi connectivity index (χ0n) is 17.7. The highest BCUT2D eigenvalue weighted by atomic mass is 32.1. The number of aromatic hydroxyl groups is 1. The quantitative estimate of drug-likeness (QED) is 0.408. The Labute approximate surface area is 181 Å². The van der Waals surface area contributed by atoms with E-state index in [2.05, 4.69) is 34.0 Å². The van der Waals surface area contributed by atoms with Gasteiger partial charge in [-0.25, -0.2) is 5.10 Å². The summed E-state index contributed by atoms with van der Waals surface area (Å²) in [6.45, 7) is 10.1. The molecular formula is C22H27N5O2S. The first kappa shape index (κ1) is 21.6. The number of nitrogens with one attached hydrogen (secondary N) is 1. The van der Waals surface area contributed by atoms with Crippen LogP contribution in [0.1, 0.15) is 36.4 Å². The first-order valence-corrected chi connectivity index (χ1v) is 10.3. The molecule has 3 aromatic rings. The van der Waals surface area contributed by atoms with Gasteiger partial charge in [0, 0.05) is 30.4 Å². The lowest BCUT2D eigenvalue weighted by Crippen LogP contribution is -2.21. The molecule has 2 aromatic carbocycles. The van der Waals surface area contributed by atoms with E-state index < -0.39 is 0 Å². The van der Waals surface area contributed by atoms with Crippen molar-refractivity contribution in [2.24, 2.45) is 5.10 Å². The van der Waals surface area contributed by atoms with Gasteiger partial charge >= 0.3 is 0 Å². The molecule has 0 amide bonds. The number of H-pyrrole nitrogens is 1. The third-order valence-corrected chi connectivity index (χ3v) is 5.19. The van der Waals surface area contributed by atoms with Gasteiger partial charge in [0.1, 0.15) is 18.1 Å². The molecule has 0 aliphatic heterocycles. The fraction of sp³-hybridized carbons (Fsp3) is 0.318. The largest absolute Gasteiger partial charge is 0.507 e. The van der Waals surface area contributed by atoms with Gasteiger partial charge in [-0.2, -0.15) is 14.9 Å². The summed E-state index contributed by atoms with van der Waals surface area (Å²) >= 11 is 5.30. The van der Waals surface area contributed by atoms with Crippen molar-refractivity contribution in [3.8, 4) is 11.5 Å². The molecule has 1 aromatic heterocycles. The number of rotatable bonds is 8. The molecule has 30 heavy (non-hydrogen) atoms. The molecule has 158 valence electrons. The van der Waals surface area contributed by atoms with Gasteiger partial charge in [-0.15, -0.1) is 0 Å². The third kappa shape index (κ3) is 4.71. The number of hydrogen-bond donors (Lipinski definition) is 2. The SMILES string of the molecule is CCN(CC)c1ccc(/C=N/n2c(COc3c(C)cccc3C)n[nH]c2=S)c(O)c1. The second-order valence-corrected chi connectivity index (χ2v) is 7.31. The van der Waals surface area contributed by atoms with Crippen molar-refractivity contribution in [1.29, 1.82) is 0 Å². The van der Waals surface area contributed by atoms with Crippen LogP contribution in [0.25, 0.3) is 0 Å². The van der Waals surface area contributed by atoms with Crippen molar-refractivity contribution in [1.82, 2.24) is 14.9 Å². The standard InChI is InChI=1S/C22H27N5O2S/c1-5-26(6-2)18-11-10-17(19(28)12-18)13-23-27-20(24-25-22(27)30)14-29-21-15(3)8-7-9-16(21)4/h7-13,28H,5-6,14H2,1-4H3,(H,25,30)/b23-13+. The first-order chi connectivity index (χ1) is 14.4. The number of aromatic nitrogens is 3. The van der Waals surface area contributed by atoms with Crippen molar-refractivity contribution in [2.45, 2.75) is 34.3 Å². The van der Waals surface area contributed by atoms with Crippen LogP contribution in [0.3, 0.4) is 0 Å². The molecule has 2 N–H and O–H groups in total. The zero-order chi connectivity index (χ0) is 21.7. The van der Waals surface area contributed by atoms with E-state index in [4.69, 9.17) is 17.0 Å². The Morgan fingerprint density at radius 3 is 2.53 bits per heavy atom. The van der Waals surface area contributed by atoms with Crippen molar-refractivity contribution in [3.63, 3.8) is 0 Å². The maximum atomic E-state index is 10.4. The summed E-state index contributed by atoms with van der Waals surface area (Å²) < 4.78 is 7.82. The smallest absolute Gasteiger partial charge is 0.216 e. The molecule has 3 rings (SSSR count). The van der Waals surface area contributed by atoms with Crippen LogP contribution in [-0.4, -0.2) is 39.3 Å². The van der Waals surface area contributed by atoms with Crippen LogP contribution in [0.15, 0.2) is 41.5 Å². The molecule has 0 unspecified atom stereocenters. The molecule has 0 fully saturated rings. The van der Waals surface area contributed by atoms with Crippen LogP contribution in [0.4, 0.5) is 5.69 Å². The molecular weight excluding hydrogens is 398 g/mol. The number of anilines is 1. The van der Waals surface area contributed by atoms with Gasteiger partial charge in [0.05, 0.1) is 6.21 Å². The van der Waals surface area contributed by atoms with E-state index in [0.717, 1.165) is 35.7 Å². The van der Waals surface area contributed by atoms with E-state index in [1.165, 1.54) is 4.68 Å². The number of nitrogens with zero attached hydrogens (tertiary/aromatic N) is 4. The molecule has 8 heteroatoms. The Balaban J connectivity index is 1.80. The van der Waals surface area contributed by atoms with Crippen molar-refractivity contribution in [3.05, 3.63) is 63.7 Å². The Kier molecular flexibility index (Phi) is 6.89. The fourth-order valence-electron chi connectivity index (χ4n) is 3.25. The number of phenols is 1. The zero-order valence-corrected chi connectivity index (χ0v) is 18.5. The minimum Gasteiger partial charge on any atom is -0.507 e. The number of aromatic amines is 1. The number of hydrogen-bond acceptors (Lipinski definition) is 6. The highest BCUT2D eigenvalue weighted by Gasteiger charge is 2.10. The monoisotopic (exact) mass is 425 g/mol. The predicted molar refractivity (Wildman–Crippen MR) is 122 cm³/mol. The van der Waals surface area contributed by atoms with E-state index >= 15 is 0 Å². The molecule has 0 saturated heterocycles. The van der Waals surface area contributed by atoms with Crippen molar-refractivity contribution < 1.29 is 9.84 Å². The number of phenolic OH excluding ortho intramolecular Hbond substituents is 1. The highest BCUT2D eigenvalue weighted by molar-refractivity contribution is 7.71. The number of aryl methyl sites for hydroxylation is 2. The van der Waals surface area contributed by atoms with Crippen molar-refractivity contribution >= 4 is 24.1 Å². The minimum absolute atomic E-state index is 0.159. The van der Waals surface area contributed by atoms with Gasteiger partial charge in [0.25, 0.3) is 0 Å². The Morgan fingerprint density at radius 2 is 1.90 bits per heavy atom. The van der Waals surface area contributed by atoms with E-state index in [1.54, 1.807) is 12.3 Å². The lowest BCUT2D eigenvalue weighted by Gasteiger charge is -2.21. The summed E-state index contributed by atoms with van der Waals surface area (Å²) in [4.78, 5) is 2.16. The molecule has 0 atom stereocenters. The topological polar surface area (TPSA) is 78.7 Å². The molecule has 0 aliphatic carbocycles. The molecule has 0 aliphatic rings. The molecule has 0 saturated carbocycles. The van der Waals surface area contributed by atoms with E-state index in [0.29, 0.717) is 16.2 Å². The number of para-hydroxylation sites is 1. The van der Waals surface area contributed by atoms with E-state index in [1.807, 2.05) is 44.2 Å². The summed E-state index contributed by atoms with van der Waals surface area (Å²) in [6, 6.07) is 11.5. The Hall–Kier alpha value is -3.13. The number of benzene rings is 2. The van der Waals surface area contributed by atoms with Crippen LogP contribution in [-0.2, 0) is 6.61 Å². The Bertz CT molecular complexity index is 1080. The van der Waals surface area contributed by atoms with Crippen LogP contribution in [0.2, 0.25) is 0 Å². The van der Waals surface area contributed by atoms with Gasteiger partial charge < -0.3 is 14.7 Å². The van der Waals surface area contributed by atoms with Crippen LogP contribution < -0.4 is 9.64 Å².